The van der Waals surface area contributed by atoms with E-state index >= 15 is 0 Å². The maximum absolute atomic E-state index is 13.6. The van der Waals surface area contributed by atoms with E-state index < -0.39 is 23.9 Å². The molecule has 4 rings (SSSR count). The number of Topliss-reactive ketones (excluding diaryl/α,β-unsaturated/α-hetero) is 1. The van der Waals surface area contributed by atoms with E-state index in [4.69, 9.17) is 23.7 Å². The summed E-state index contributed by atoms with van der Waals surface area (Å²) in [4.78, 5) is 65.5. The lowest BCUT2D eigenvalue weighted by Crippen LogP contribution is -2.14. The van der Waals surface area contributed by atoms with Crippen LogP contribution in [0.4, 0.5) is 0 Å². The van der Waals surface area contributed by atoms with Gasteiger partial charge in [-0.15, -0.1) is 0 Å². The van der Waals surface area contributed by atoms with Crippen LogP contribution in [0, 0.1) is 27.7 Å². The predicted molar refractivity (Wildman–Crippen MR) is 218 cm³/mol. The van der Waals surface area contributed by atoms with Crippen LogP contribution in [0.25, 0.3) is 0 Å². The third-order valence-corrected chi connectivity index (χ3v) is 9.19. The highest BCUT2D eigenvalue weighted by atomic mass is 16.6. The molecule has 0 heterocycles. The average molecular weight is 779 g/mol. The number of benzene rings is 4. The van der Waals surface area contributed by atoms with Gasteiger partial charge in [0.15, 0.2) is 5.78 Å². The van der Waals surface area contributed by atoms with E-state index in [0.717, 1.165) is 54.5 Å². The van der Waals surface area contributed by atoms with Crippen molar-refractivity contribution in [3.05, 3.63) is 123 Å². The first kappa shape index (κ1) is 44.1. The van der Waals surface area contributed by atoms with Crippen molar-refractivity contribution >= 4 is 29.7 Å². The van der Waals surface area contributed by atoms with Gasteiger partial charge in [0.2, 0.25) is 0 Å². The van der Waals surface area contributed by atoms with Gasteiger partial charge >= 0.3 is 23.9 Å². The van der Waals surface area contributed by atoms with Crippen LogP contribution in [-0.2, 0) is 9.47 Å². The van der Waals surface area contributed by atoms with E-state index in [1.54, 1.807) is 31.4 Å². The molecule has 10 nitrogen and oxygen atoms in total. The number of carbonyl (C=O) groups is 5. The van der Waals surface area contributed by atoms with Crippen LogP contribution in [0.15, 0.2) is 72.8 Å². The van der Waals surface area contributed by atoms with Gasteiger partial charge in [0.1, 0.15) is 17.2 Å². The van der Waals surface area contributed by atoms with Crippen molar-refractivity contribution in [1.29, 1.82) is 0 Å². The van der Waals surface area contributed by atoms with Crippen molar-refractivity contribution in [1.82, 2.24) is 0 Å². The number of ketones is 1. The normalized spacial score (nSPS) is 10.8. The van der Waals surface area contributed by atoms with Gasteiger partial charge in [-0.05, 0) is 89.9 Å². The lowest BCUT2D eigenvalue weighted by atomic mass is 10.0. The summed E-state index contributed by atoms with van der Waals surface area (Å²) in [6.07, 6.45) is 11.0. The molecule has 0 radical (unpaired) electrons. The first-order valence-corrected chi connectivity index (χ1v) is 19.6. The molecule has 0 atom stereocenters. The zero-order valence-corrected chi connectivity index (χ0v) is 34.0. The van der Waals surface area contributed by atoms with E-state index in [1.807, 2.05) is 39.8 Å². The molecule has 57 heavy (non-hydrogen) atoms. The molecule has 0 aromatic heterocycles. The molecule has 0 aliphatic carbocycles. The molecule has 0 saturated carbocycles. The molecule has 4 aromatic carbocycles. The summed E-state index contributed by atoms with van der Waals surface area (Å²) in [7, 11) is 1.73. The molecule has 0 unspecified atom stereocenters. The Bertz CT molecular complexity index is 1920. The quantitative estimate of drug-likeness (QED) is 0.0348. The molecular weight excluding hydrogens is 725 g/mol. The first-order chi connectivity index (χ1) is 27.3. The summed E-state index contributed by atoms with van der Waals surface area (Å²) in [6.45, 7) is 9.79. The molecule has 0 aliphatic heterocycles. The fourth-order valence-corrected chi connectivity index (χ4v) is 6.48. The molecule has 0 spiro atoms. The minimum Gasteiger partial charge on any atom is -0.462 e. The fraction of sp³-hybridized carbons (Fsp3) is 0.383. The third kappa shape index (κ3) is 14.8. The maximum Gasteiger partial charge on any atom is 0.343 e. The lowest BCUT2D eigenvalue weighted by Gasteiger charge is -2.13. The third-order valence-electron chi connectivity index (χ3n) is 9.19. The summed E-state index contributed by atoms with van der Waals surface area (Å²) >= 11 is 0. The number of aryl methyl sites for hydroxylation is 4. The molecule has 0 saturated heterocycles. The van der Waals surface area contributed by atoms with E-state index in [9.17, 15) is 24.0 Å². The number of unbranched alkanes of at least 4 members (excludes halogenated alkanes) is 9. The summed E-state index contributed by atoms with van der Waals surface area (Å²) < 4.78 is 27.6. The SMILES string of the molecule is COCCCCCCCCCCCCOC(=O)c1cc(C(C)=O)cc(C(=O)Oc2cc(OC(=O)c3cc(C)cc(C)c3)cc(OC(=O)c3cc(C)cc(C)c3)c2)c1. The van der Waals surface area contributed by atoms with Crippen molar-refractivity contribution < 1.29 is 47.7 Å². The van der Waals surface area contributed by atoms with Crippen LogP contribution in [0.2, 0.25) is 0 Å². The predicted octanol–water partition coefficient (Wildman–Crippen LogP) is 10.5. The molecule has 0 aliphatic rings. The molecule has 10 heteroatoms. The molecule has 0 fully saturated rings. The smallest absolute Gasteiger partial charge is 0.343 e. The van der Waals surface area contributed by atoms with Crippen LogP contribution >= 0.6 is 0 Å². The average Bonchev–Trinajstić information content (AvgIpc) is 3.15. The Morgan fingerprint density at radius 1 is 0.386 bits per heavy atom. The fourth-order valence-electron chi connectivity index (χ4n) is 6.48. The molecule has 302 valence electrons. The largest absolute Gasteiger partial charge is 0.462 e. The van der Waals surface area contributed by atoms with Crippen LogP contribution in [0.3, 0.4) is 0 Å². The van der Waals surface area contributed by atoms with Crippen molar-refractivity contribution in [3.63, 3.8) is 0 Å². The Morgan fingerprint density at radius 2 is 0.702 bits per heavy atom. The number of ether oxygens (including phenoxy) is 5. The van der Waals surface area contributed by atoms with E-state index in [1.165, 1.54) is 75.4 Å². The van der Waals surface area contributed by atoms with Crippen molar-refractivity contribution in [3.8, 4) is 17.2 Å². The van der Waals surface area contributed by atoms with Crippen molar-refractivity contribution in [2.75, 3.05) is 20.3 Å². The Kier molecular flexibility index (Phi) is 17.2. The van der Waals surface area contributed by atoms with Gasteiger partial charge in [-0.2, -0.15) is 0 Å². The standard InChI is InChI=1S/C47H54O10/c1-31-19-32(2)22-37(21-31)45(50)55-41-28-42(56-46(51)38-23-33(3)20-34(4)24-38)30-43(29-41)57-47(52)40-26-36(35(5)48)25-39(27-40)44(49)54-18-16-14-12-10-8-7-9-11-13-15-17-53-6/h19-30H,7-18H2,1-6H3. The van der Waals surface area contributed by atoms with Gasteiger partial charge in [-0.3, -0.25) is 4.79 Å². The van der Waals surface area contributed by atoms with Crippen molar-refractivity contribution in [2.45, 2.75) is 98.8 Å². The zero-order valence-electron chi connectivity index (χ0n) is 34.0. The summed E-state index contributed by atoms with van der Waals surface area (Å²) in [6, 6.07) is 18.5. The number of esters is 4. The van der Waals surface area contributed by atoms with E-state index in [-0.39, 0.29) is 46.3 Å². The monoisotopic (exact) mass is 778 g/mol. The Hall–Kier alpha value is -5.61. The van der Waals surface area contributed by atoms with Crippen LogP contribution < -0.4 is 14.2 Å². The highest BCUT2D eigenvalue weighted by Gasteiger charge is 2.20. The van der Waals surface area contributed by atoms with Gasteiger partial charge < -0.3 is 23.7 Å². The minimum absolute atomic E-state index is 0.0272. The number of hydrogen-bond acceptors (Lipinski definition) is 10. The summed E-state index contributed by atoms with van der Waals surface area (Å²) in [5.41, 5.74) is 4.14. The van der Waals surface area contributed by atoms with E-state index in [2.05, 4.69) is 0 Å². The van der Waals surface area contributed by atoms with Crippen LogP contribution in [0.1, 0.15) is 145 Å². The van der Waals surface area contributed by atoms with Gasteiger partial charge in [-0.25, -0.2) is 19.2 Å². The number of carbonyl (C=O) groups excluding carboxylic acids is 5. The minimum atomic E-state index is -0.911. The molecular formula is C47H54O10. The second-order valence-corrected chi connectivity index (χ2v) is 14.6. The van der Waals surface area contributed by atoms with E-state index in [0.29, 0.717) is 17.5 Å². The summed E-state index contributed by atoms with van der Waals surface area (Å²) in [5, 5.41) is 0. The Balaban J connectivity index is 1.45. The Morgan fingerprint density at radius 3 is 1.07 bits per heavy atom. The molecule has 0 bridgehead atoms. The van der Waals surface area contributed by atoms with Gasteiger partial charge in [0.05, 0.1) is 28.9 Å². The zero-order chi connectivity index (χ0) is 41.3. The number of hydrogen-bond donors (Lipinski definition) is 0. The second kappa shape index (κ2) is 22.2. The molecule has 4 aromatic rings. The topological polar surface area (TPSA) is 132 Å². The van der Waals surface area contributed by atoms with Gasteiger partial charge in [-0.1, -0.05) is 85.8 Å². The number of methoxy groups -OCH3 is 1. The van der Waals surface area contributed by atoms with Gasteiger partial charge in [0.25, 0.3) is 0 Å². The lowest BCUT2D eigenvalue weighted by molar-refractivity contribution is 0.0497. The molecule has 0 N–H and O–H groups in total. The molecule has 0 amide bonds. The van der Waals surface area contributed by atoms with Crippen molar-refractivity contribution in [2.24, 2.45) is 0 Å². The summed E-state index contributed by atoms with van der Waals surface area (Å²) in [5.74, 6) is -3.51. The van der Waals surface area contributed by atoms with Crippen LogP contribution in [-0.4, -0.2) is 50.0 Å². The van der Waals surface area contributed by atoms with Crippen LogP contribution in [0.5, 0.6) is 17.2 Å². The van der Waals surface area contributed by atoms with Gasteiger partial charge in [0, 0.05) is 37.5 Å². The first-order valence-electron chi connectivity index (χ1n) is 19.6. The second-order valence-electron chi connectivity index (χ2n) is 14.6. The maximum atomic E-state index is 13.6. The highest BCUT2D eigenvalue weighted by Crippen LogP contribution is 2.30. The highest BCUT2D eigenvalue weighted by molar-refractivity contribution is 6.02. The number of rotatable bonds is 21. The Labute approximate surface area is 335 Å².